The predicted octanol–water partition coefficient (Wildman–Crippen LogP) is 1.80. The van der Waals surface area contributed by atoms with Crippen LogP contribution in [0.2, 0.25) is 0 Å². The van der Waals surface area contributed by atoms with Crippen molar-refractivity contribution in [1.29, 1.82) is 0 Å². The Kier molecular flexibility index (Phi) is 4.12. The molecule has 6 nitrogen and oxygen atoms in total. The van der Waals surface area contributed by atoms with Crippen LogP contribution in [-0.2, 0) is 4.74 Å². The summed E-state index contributed by atoms with van der Waals surface area (Å²) in [7, 11) is 2.17. The zero-order valence-corrected chi connectivity index (χ0v) is 14.7. The van der Waals surface area contributed by atoms with Crippen LogP contribution in [0.5, 0.6) is 0 Å². The van der Waals surface area contributed by atoms with Crippen LogP contribution >= 0.6 is 0 Å². The summed E-state index contributed by atoms with van der Waals surface area (Å²) in [6.45, 7) is 7.28. The van der Waals surface area contributed by atoms with Crippen molar-refractivity contribution in [3.05, 3.63) is 17.5 Å². The number of carbonyl (C=O) groups excluding carboxylic acids is 1. The summed E-state index contributed by atoms with van der Waals surface area (Å²) >= 11 is 0. The minimum Gasteiger partial charge on any atom is -0.381 e. The number of nitrogens with zero attached hydrogens (tertiary/aromatic N) is 3. The molecule has 1 spiro atoms. The van der Waals surface area contributed by atoms with E-state index in [-0.39, 0.29) is 11.3 Å². The van der Waals surface area contributed by atoms with E-state index in [1.54, 1.807) is 6.07 Å². The zero-order chi connectivity index (χ0) is 16.7. The van der Waals surface area contributed by atoms with E-state index < -0.39 is 0 Å². The van der Waals surface area contributed by atoms with Gasteiger partial charge in [-0.05, 0) is 39.2 Å². The Hall–Kier alpha value is -1.40. The molecule has 2 saturated heterocycles. The third-order valence-corrected chi connectivity index (χ3v) is 5.86. The van der Waals surface area contributed by atoms with Crippen molar-refractivity contribution >= 4 is 5.91 Å². The van der Waals surface area contributed by atoms with Crippen LogP contribution in [-0.4, -0.2) is 67.3 Å². The number of ether oxygens (including phenoxy) is 1. The molecule has 6 heteroatoms. The van der Waals surface area contributed by atoms with Crippen LogP contribution in [0.25, 0.3) is 0 Å². The van der Waals surface area contributed by atoms with Crippen molar-refractivity contribution in [2.75, 3.05) is 46.4 Å². The summed E-state index contributed by atoms with van der Waals surface area (Å²) in [4.78, 5) is 17.0. The first kappa shape index (κ1) is 16.1. The van der Waals surface area contributed by atoms with Crippen molar-refractivity contribution in [3.63, 3.8) is 0 Å². The molecule has 0 bridgehead atoms. The molecule has 3 fully saturated rings. The van der Waals surface area contributed by atoms with E-state index in [0.29, 0.717) is 11.7 Å². The van der Waals surface area contributed by atoms with Crippen molar-refractivity contribution in [1.82, 2.24) is 15.0 Å². The molecule has 1 amide bonds. The SMILES string of the molecule is Cc1cc(C(=O)N2CC[C@@]3(CN(C)C[C@H]3COCC3CC3)C2)on1. The van der Waals surface area contributed by atoms with E-state index in [2.05, 4.69) is 17.1 Å². The van der Waals surface area contributed by atoms with E-state index in [4.69, 9.17) is 9.26 Å². The highest BCUT2D eigenvalue weighted by Gasteiger charge is 2.50. The molecule has 1 aromatic rings. The zero-order valence-electron chi connectivity index (χ0n) is 14.7. The van der Waals surface area contributed by atoms with Crippen LogP contribution < -0.4 is 0 Å². The standard InChI is InChI=1S/C18H27N3O3/c1-13-7-16(24-19-13)17(22)21-6-5-18(12-21)11-20(2)8-15(18)10-23-9-14-3-4-14/h7,14-15H,3-6,8-12H2,1-2H3/t15-,18+/m0/s1. The van der Waals surface area contributed by atoms with Crippen LogP contribution in [0, 0.1) is 24.2 Å². The van der Waals surface area contributed by atoms with Crippen LogP contribution in [0.1, 0.15) is 35.5 Å². The number of rotatable bonds is 5. The normalized spacial score (nSPS) is 30.6. The second-order valence-corrected chi connectivity index (χ2v) is 8.05. The van der Waals surface area contributed by atoms with Gasteiger partial charge < -0.3 is 19.1 Å². The van der Waals surface area contributed by atoms with Gasteiger partial charge in [-0.3, -0.25) is 4.79 Å². The Morgan fingerprint density at radius 2 is 2.25 bits per heavy atom. The highest BCUT2D eigenvalue weighted by molar-refractivity contribution is 5.91. The molecule has 0 N–H and O–H groups in total. The molecule has 3 aliphatic rings. The molecule has 1 aliphatic carbocycles. The Labute approximate surface area is 143 Å². The van der Waals surface area contributed by atoms with Gasteiger partial charge in [-0.2, -0.15) is 0 Å². The number of carbonyl (C=O) groups is 1. The minimum atomic E-state index is -0.0281. The van der Waals surface area contributed by atoms with Crippen molar-refractivity contribution in [2.45, 2.75) is 26.2 Å². The van der Waals surface area contributed by atoms with Gasteiger partial charge >= 0.3 is 0 Å². The number of amides is 1. The van der Waals surface area contributed by atoms with Gasteiger partial charge in [0.15, 0.2) is 0 Å². The lowest BCUT2D eigenvalue weighted by atomic mass is 9.77. The van der Waals surface area contributed by atoms with Gasteiger partial charge in [-0.1, -0.05) is 5.16 Å². The average Bonchev–Trinajstić information content (AvgIpc) is 2.98. The smallest absolute Gasteiger partial charge is 0.292 e. The first-order valence-electron chi connectivity index (χ1n) is 9.05. The van der Waals surface area contributed by atoms with Crippen LogP contribution in [0.15, 0.2) is 10.6 Å². The Morgan fingerprint density at radius 1 is 1.42 bits per heavy atom. The lowest BCUT2D eigenvalue weighted by Crippen LogP contribution is -2.38. The molecule has 1 aromatic heterocycles. The summed E-state index contributed by atoms with van der Waals surface area (Å²) in [5, 5.41) is 3.84. The van der Waals surface area contributed by atoms with Gasteiger partial charge in [0.2, 0.25) is 5.76 Å². The van der Waals surface area contributed by atoms with Gasteiger partial charge in [0.1, 0.15) is 0 Å². The second-order valence-electron chi connectivity index (χ2n) is 8.05. The molecule has 2 atom stereocenters. The van der Waals surface area contributed by atoms with Gasteiger partial charge in [-0.25, -0.2) is 0 Å². The number of hydrogen-bond donors (Lipinski definition) is 0. The highest BCUT2D eigenvalue weighted by atomic mass is 16.5. The number of likely N-dealkylation sites (tertiary alicyclic amines) is 2. The molecular weight excluding hydrogens is 306 g/mol. The Morgan fingerprint density at radius 3 is 2.96 bits per heavy atom. The van der Waals surface area contributed by atoms with E-state index in [0.717, 1.165) is 57.4 Å². The van der Waals surface area contributed by atoms with E-state index >= 15 is 0 Å². The Bertz CT molecular complexity index is 612. The predicted molar refractivity (Wildman–Crippen MR) is 88.7 cm³/mol. The van der Waals surface area contributed by atoms with E-state index in [1.165, 1.54) is 12.8 Å². The van der Waals surface area contributed by atoms with Crippen molar-refractivity contribution < 1.29 is 14.1 Å². The minimum absolute atomic E-state index is 0.0281. The van der Waals surface area contributed by atoms with Crippen molar-refractivity contribution in [2.24, 2.45) is 17.3 Å². The fourth-order valence-corrected chi connectivity index (χ4v) is 4.34. The lowest BCUT2D eigenvalue weighted by Gasteiger charge is -2.30. The first-order chi connectivity index (χ1) is 11.6. The number of aromatic nitrogens is 1. The number of hydrogen-bond acceptors (Lipinski definition) is 5. The maximum Gasteiger partial charge on any atom is 0.292 e. The highest BCUT2D eigenvalue weighted by Crippen LogP contribution is 2.44. The monoisotopic (exact) mass is 333 g/mol. The van der Waals surface area contributed by atoms with Gasteiger partial charge in [-0.15, -0.1) is 0 Å². The maximum atomic E-state index is 12.6. The van der Waals surface area contributed by atoms with Crippen LogP contribution in [0.4, 0.5) is 0 Å². The molecule has 0 radical (unpaired) electrons. The topological polar surface area (TPSA) is 58.8 Å². The van der Waals surface area contributed by atoms with E-state index in [9.17, 15) is 4.79 Å². The fraction of sp³-hybridized carbons (Fsp3) is 0.778. The first-order valence-corrected chi connectivity index (χ1v) is 9.05. The quantitative estimate of drug-likeness (QED) is 0.822. The molecule has 132 valence electrons. The average molecular weight is 333 g/mol. The second kappa shape index (κ2) is 6.15. The molecule has 0 unspecified atom stereocenters. The molecule has 2 aliphatic heterocycles. The number of aryl methyl sites for hydroxylation is 1. The Balaban J connectivity index is 1.41. The molecule has 4 rings (SSSR count). The largest absolute Gasteiger partial charge is 0.381 e. The fourth-order valence-electron chi connectivity index (χ4n) is 4.34. The molecule has 0 aromatic carbocycles. The lowest BCUT2D eigenvalue weighted by molar-refractivity contribution is 0.0520. The summed E-state index contributed by atoms with van der Waals surface area (Å²) in [5.41, 5.74) is 0.919. The summed E-state index contributed by atoms with van der Waals surface area (Å²) in [6, 6.07) is 1.73. The maximum absolute atomic E-state index is 12.6. The third-order valence-electron chi connectivity index (χ3n) is 5.86. The molecule has 1 saturated carbocycles. The van der Waals surface area contributed by atoms with Gasteiger partial charge in [0, 0.05) is 50.2 Å². The van der Waals surface area contributed by atoms with Crippen molar-refractivity contribution in [3.8, 4) is 0 Å². The van der Waals surface area contributed by atoms with Gasteiger partial charge in [0.05, 0.1) is 12.3 Å². The molecule has 3 heterocycles. The van der Waals surface area contributed by atoms with Gasteiger partial charge in [0.25, 0.3) is 5.91 Å². The third kappa shape index (κ3) is 3.09. The summed E-state index contributed by atoms with van der Waals surface area (Å²) < 4.78 is 11.2. The summed E-state index contributed by atoms with van der Waals surface area (Å²) in [6.07, 6.45) is 3.71. The van der Waals surface area contributed by atoms with E-state index in [1.807, 2.05) is 11.8 Å². The molecule has 24 heavy (non-hydrogen) atoms. The summed E-state index contributed by atoms with van der Waals surface area (Å²) in [5.74, 6) is 1.64. The van der Waals surface area contributed by atoms with Crippen LogP contribution in [0.3, 0.4) is 0 Å². The molecular formula is C18H27N3O3.